The van der Waals surface area contributed by atoms with Crippen molar-refractivity contribution in [1.29, 1.82) is 0 Å². The molecule has 1 saturated heterocycles. The highest BCUT2D eigenvalue weighted by Crippen LogP contribution is 2.29. The molecule has 0 radical (unpaired) electrons. The number of carbonyl (C=O) groups excluding carboxylic acids is 1. The fourth-order valence-electron chi connectivity index (χ4n) is 2.54. The Labute approximate surface area is 154 Å². The molecule has 0 aliphatic carbocycles. The predicted octanol–water partition coefficient (Wildman–Crippen LogP) is 4.10. The first-order valence-corrected chi connectivity index (χ1v) is 9.66. The van der Waals surface area contributed by atoms with E-state index in [1.807, 2.05) is 36.4 Å². The van der Waals surface area contributed by atoms with E-state index < -0.39 is 0 Å². The summed E-state index contributed by atoms with van der Waals surface area (Å²) in [5.41, 5.74) is 1.11. The Morgan fingerprint density at radius 2 is 2.12 bits per heavy atom. The molecule has 1 amide bonds. The highest BCUT2D eigenvalue weighted by Gasteiger charge is 2.15. The molecule has 1 unspecified atom stereocenters. The first-order chi connectivity index (χ1) is 11.7. The minimum atomic E-state index is -0.0518. The van der Waals surface area contributed by atoms with Crippen LogP contribution >= 0.6 is 27.3 Å². The van der Waals surface area contributed by atoms with Crippen molar-refractivity contribution in [2.45, 2.75) is 18.9 Å². The molecule has 0 spiro atoms. The van der Waals surface area contributed by atoms with E-state index in [0.29, 0.717) is 24.6 Å². The van der Waals surface area contributed by atoms with E-state index in [4.69, 9.17) is 9.47 Å². The summed E-state index contributed by atoms with van der Waals surface area (Å²) in [5.74, 6) is -0.0518. The molecule has 1 fully saturated rings. The molecule has 1 aliphatic heterocycles. The lowest BCUT2D eigenvalue weighted by atomic mass is 10.2. The van der Waals surface area contributed by atoms with E-state index >= 15 is 0 Å². The van der Waals surface area contributed by atoms with Gasteiger partial charge in [0.05, 0.1) is 24.2 Å². The molecule has 4 nitrogen and oxygen atoms in total. The molecule has 1 aromatic heterocycles. The summed E-state index contributed by atoms with van der Waals surface area (Å²) < 4.78 is 12.1. The van der Waals surface area contributed by atoms with Crippen LogP contribution in [-0.4, -0.2) is 38.4 Å². The Morgan fingerprint density at radius 1 is 1.29 bits per heavy atom. The lowest BCUT2D eigenvalue weighted by Crippen LogP contribution is -2.27. The van der Waals surface area contributed by atoms with Crippen molar-refractivity contribution in [3.05, 3.63) is 45.7 Å². The van der Waals surface area contributed by atoms with Crippen LogP contribution in [0, 0.1) is 0 Å². The zero-order chi connectivity index (χ0) is 16.8. The van der Waals surface area contributed by atoms with Gasteiger partial charge in [0.2, 0.25) is 0 Å². The second-order valence-corrected chi connectivity index (χ2v) is 7.64. The van der Waals surface area contributed by atoms with Crippen LogP contribution in [0.5, 0.6) is 0 Å². The number of hydrogen-bond donors (Lipinski definition) is 1. The fraction of sp³-hybridized carbons (Fsp3) is 0.389. The third kappa shape index (κ3) is 4.89. The SMILES string of the molecule is O=C(NCCOCC1CCCO1)c1ccc(-c2ccc(Br)cc2)s1. The number of rotatable bonds is 7. The third-order valence-corrected chi connectivity index (χ3v) is 5.48. The van der Waals surface area contributed by atoms with Gasteiger partial charge >= 0.3 is 0 Å². The van der Waals surface area contributed by atoms with Crippen LogP contribution in [0.3, 0.4) is 0 Å². The molecule has 128 valence electrons. The number of halogens is 1. The van der Waals surface area contributed by atoms with E-state index in [-0.39, 0.29) is 12.0 Å². The molecule has 0 bridgehead atoms. The molecule has 3 rings (SSSR count). The number of nitrogens with one attached hydrogen (secondary N) is 1. The molecule has 2 heterocycles. The first-order valence-electron chi connectivity index (χ1n) is 8.06. The Hall–Kier alpha value is -1.21. The van der Waals surface area contributed by atoms with Crippen LogP contribution in [0.15, 0.2) is 40.9 Å². The van der Waals surface area contributed by atoms with Crippen molar-refractivity contribution >= 4 is 33.2 Å². The lowest BCUT2D eigenvalue weighted by molar-refractivity contribution is 0.0183. The zero-order valence-corrected chi connectivity index (χ0v) is 15.7. The van der Waals surface area contributed by atoms with Gasteiger partial charge in [0, 0.05) is 22.5 Å². The molecule has 1 aromatic carbocycles. The molecule has 6 heteroatoms. The number of amides is 1. The van der Waals surface area contributed by atoms with Gasteiger partial charge < -0.3 is 14.8 Å². The third-order valence-electron chi connectivity index (χ3n) is 3.82. The Kier molecular flexibility index (Phi) is 6.43. The van der Waals surface area contributed by atoms with Crippen LogP contribution in [0.25, 0.3) is 10.4 Å². The van der Waals surface area contributed by atoms with E-state index in [2.05, 4.69) is 21.2 Å². The summed E-state index contributed by atoms with van der Waals surface area (Å²) >= 11 is 4.92. The smallest absolute Gasteiger partial charge is 0.261 e. The molecule has 1 aliphatic rings. The van der Waals surface area contributed by atoms with Gasteiger partial charge in [-0.25, -0.2) is 0 Å². The summed E-state index contributed by atoms with van der Waals surface area (Å²) in [6.07, 6.45) is 2.41. The van der Waals surface area contributed by atoms with Crippen LogP contribution < -0.4 is 5.32 Å². The van der Waals surface area contributed by atoms with E-state index in [1.54, 1.807) is 0 Å². The quantitative estimate of drug-likeness (QED) is 0.700. The van der Waals surface area contributed by atoms with E-state index in [9.17, 15) is 4.79 Å². The van der Waals surface area contributed by atoms with Gasteiger partial charge in [0.25, 0.3) is 5.91 Å². The van der Waals surface area contributed by atoms with Crippen molar-refractivity contribution in [3.63, 3.8) is 0 Å². The molecule has 24 heavy (non-hydrogen) atoms. The predicted molar refractivity (Wildman–Crippen MR) is 99.6 cm³/mol. The molecular formula is C18H20BrNO3S. The number of thiophene rings is 1. The van der Waals surface area contributed by atoms with Crippen molar-refractivity contribution < 1.29 is 14.3 Å². The molecule has 2 aromatic rings. The van der Waals surface area contributed by atoms with E-state index in [1.165, 1.54) is 11.3 Å². The van der Waals surface area contributed by atoms with Crippen molar-refractivity contribution in [2.24, 2.45) is 0 Å². The minimum absolute atomic E-state index is 0.0518. The average molecular weight is 410 g/mol. The van der Waals surface area contributed by atoms with Crippen LogP contribution in [0.4, 0.5) is 0 Å². The summed E-state index contributed by atoms with van der Waals surface area (Å²) in [5, 5.41) is 2.90. The van der Waals surface area contributed by atoms with Crippen LogP contribution in [-0.2, 0) is 9.47 Å². The summed E-state index contributed by atoms with van der Waals surface area (Å²) in [6.45, 7) is 2.47. The summed E-state index contributed by atoms with van der Waals surface area (Å²) in [7, 11) is 0. The lowest BCUT2D eigenvalue weighted by Gasteiger charge is -2.10. The van der Waals surface area contributed by atoms with Gasteiger partial charge in [-0.15, -0.1) is 11.3 Å². The maximum Gasteiger partial charge on any atom is 0.261 e. The molecular weight excluding hydrogens is 390 g/mol. The summed E-state index contributed by atoms with van der Waals surface area (Å²) in [6, 6.07) is 11.9. The maximum absolute atomic E-state index is 12.2. The van der Waals surface area contributed by atoms with Crippen molar-refractivity contribution in [1.82, 2.24) is 5.32 Å². The van der Waals surface area contributed by atoms with Gasteiger partial charge in [-0.2, -0.15) is 0 Å². The first kappa shape index (κ1) is 17.6. The zero-order valence-electron chi connectivity index (χ0n) is 13.3. The number of benzene rings is 1. The van der Waals surface area contributed by atoms with Gasteiger partial charge in [0.15, 0.2) is 0 Å². The van der Waals surface area contributed by atoms with E-state index in [0.717, 1.165) is 34.4 Å². The maximum atomic E-state index is 12.2. The monoisotopic (exact) mass is 409 g/mol. The van der Waals surface area contributed by atoms with Gasteiger partial charge in [-0.1, -0.05) is 28.1 Å². The highest BCUT2D eigenvalue weighted by atomic mass is 79.9. The standard InChI is InChI=1S/C18H20BrNO3S/c19-14-5-3-13(4-6-14)16-7-8-17(24-16)18(21)20-9-11-22-12-15-2-1-10-23-15/h3-8,15H,1-2,9-12H2,(H,20,21). The fourth-order valence-corrected chi connectivity index (χ4v) is 3.74. The Morgan fingerprint density at radius 3 is 2.88 bits per heavy atom. The van der Waals surface area contributed by atoms with Gasteiger partial charge in [0.1, 0.15) is 0 Å². The molecule has 0 saturated carbocycles. The van der Waals surface area contributed by atoms with Crippen molar-refractivity contribution in [3.8, 4) is 10.4 Å². The van der Waals surface area contributed by atoms with Crippen LogP contribution in [0.1, 0.15) is 22.5 Å². The molecule has 1 N–H and O–H groups in total. The van der Waals surface area contributed by atoms with Crippen molar-refractivity contribution in [2.75, 3.05) is 26.4 Å². The topological polar surface area (TPSA) is 47.6 Å². The second-order valence-electron chi connectivity index (χ2n) is 5.64. The van der Waals surface area contributed by atoms with Gasteiger partial charge in [-0.05, 0) is 42.7 Å². The Balaban J connectivity index is 1.42. The highest BCUT2D eigenvalue weighted by molar-refractivity contribution is 9.10. The normalized spacial score (nSPS) is 17.1. The number of carbonyl (C=O) groups is 1. The minimum Gasteiger partial charge on any atom is -0.377 e. The molecule has 1 atom stereocenters. The van der Waals surface area contributed by atoms with Crippen LogP contribution in [0.2, 0.25) is 0 Å². The summed E-state index contributed by atoms with van der Waals surface area (Å²) in [4.78, 5) is 14.0. The Bertz CT molecular complexity index is 665. The average Bonchev–Trinajstić information content (AvgIpc) is 3.27. The van der Waals surface area contributed by atoms with Gasteiger partial charge in [-0.3, -0.25) is 4.79 Å². The number of hydrogen-bond acceptors (Lipinski definition) is 4. The second kappa shape index (κ2) is 8.76. The largest absolute Gasteiger partial charge is 0.377 e. The number of ether oxygens (including phenoxy) is 2.